The fourth-order valence-electron chi connectivity index (χ4n) is 3.74. The molecule has 0 unspecified atom stereocenters. The van der Waals surface area contributed by atoms with Crippen LogP contribution in [0.2, 0.25) is 0 Å². The molecule has 156 valence electrons. The highest BCUT2D eigenvalue weighted by Gasteiger charge is 2.27. The molecule has 30 heavy (non-hydrogen) atoms. The van der Waals surface area contributed by atoms with Crippen molar-refractivity contribution in [2.45, 2.75) is 25.8 Å². The molecule has 0 aliphatic carbocycles. The Balaban J connectivity index is 1.41. The molecule has 0 atom stereocenters. The molecule has 6 nitrogen and oxygen atoms in total. The smallest absolute Gasteiger partial charge is 0.313 e. The average Bonchev–Trinajstić information content (AvgIpc) is 3.17. The van der Waals surface area contributed by atoms with Crippen LogP contribution in [0.4, 0.5) is 5.69 Å². The summed E-state index contributed by atoms with van der Waals surface area (Å²) in [5.41, 5.74) is 3.79. The van der Waals surface area contributed by atoms with Crippen LogP contribution in [-0.2, 0) is 9.59 Å². The van der Waals surface area contributed by atoms with Crippen LogP contribution in [0.3, 0.4) is 0 Å². The van der Waals surface area contributed by atoms with Crippen LogP contribution in [0.15, 0.2) is 42.5 Å². The van der Waals surface area contributed by atoms with Gasteiger partial charge in [0.15, 0.2) is 0 Å². The summed E-state index contributed by atoms with van der Waals surface area (Å²) >= 11 is 1.65. The molecule has 0 spiro atoms. The lowest BCUT2D eigenvalue weighted by Crippen LogP contribution is -2.47. The number of hydrogen-bond acceptors (Lipinski definition) is 5. The lowest BCUT2D eigenvalue weighted by atomic mass is 10.0. The topological polar surface area (TPSA) is 65.5 Å². The number of fused-ring (bicyclic) bond motifs is 1. The zero-order valence-electron chi connectivity index (χ0n) is 17.5. The molecular weight excluding hydrogens is 396 g/mol. The highest BCUT2D eigenvalue weighted by molar-refractivity contribution is 7.21. The number of likely N-dealkylation sites (tertiary alicyclic amines) is 1. The fraction of sp³-hybridized carbons (Fsp3) is 0.348. The van der Waals surface area contributed by atoms with Gasteiger partial charge in [0.25, 0.3) is 0 Å². The number of thiazole rings is 1. The lowest BCUT2D eigenvalue weighted by Gasteiger charge is -2.34. The molecule has 1 N–H and O–H groups in total. The van der Waals surface area contributed by atoms with Crippen molar-refractivity contribution in [3.8, 4) is 10.6 Å². The van der Waals surface area contributed by atoms with E-state index in [2.05, 4.69) is 36.3 Å². The number of amides is 2. The van der Waals surface area contributed by atoms with E-state index in [1.54, 1.807) is 23.3 Å². The van der Waals surface area contributed by atoms with Crippen molar-refractivity contribution >= 4 is 39.1 Å². The summed E-state index contributed by atoms with van der Waals surface area (Å²) in [7, 11) is 3.79. The molecule has 0 radical (unpaired) electrons. The van der Waals surface area contributed by atoms with Crippen molar-refractivity contribution in [3.05, 3.63) is 48.0 Å². The number of anilines is 1. The highest BCUT2D eigenvalue weighted by atomic mass is 32.1. The summed E-state index contributed by atoms with van der Waals surface area (Å²) in [6.07, 6.45) is 1.78. The van der Waals surface area contributed by atoms with E-state index >= 15 is 0 Å². The Morgan fingerprint density at radius 3 is 2.53 bits per heavy atom. The van der Waals surface area contributed by atoms with Crippen LogP contribution < -0.4 is 5.32 Å². The normalized spacial score (nSPS) is 15.3. The Morgan fingerprint density at radius 1 is 1.13 bits per heavy atom. The first-order valence-electron chi connectivity index (χ1n) is 10.1. The summed E-state index contributed by atoms with van der Waals surface area (Å²) in [5.74, 6) is -1.09. The summed E-state index contributed by atoms with van der Waals surface area (Å²) < 4.78 is 1.16. The van der Waals surface area contributed by atoms with Crippen molar-refractivity contribution in [2.24, 2.45) is 0 Å². The van der Waals surface area contributed by atoms with E-state index in [1.165, 1.54) is 5.56 Å². The molecule has 2 heterocycles. The van der Waals surface area contributed by atoms with Crippen molar-refractivity contribution in [1.29, 1.82) is 0 Å². The van der Waals surface area contributed by atoms with Crippen LogP contribution in [0.5, 0.6) is 0 Å². The van der Waals surface area contributed by atoms with E-state index in [0.29, 0.717) is 5.69 Å². The Hall–Kier alpha value is -2.77. The Kier molecular flexibility index (Phi) is 5.83. The Labute approximate surface area is 180 Å². The van der Waals surface area contributed by atoms with Gasteiger partial charge in [0, 0.05) is 24.3 Å². The predicted molar refractivity (Wildman–Crippen MR) is 122 cm³/mol. The lowest BCUT2D eigenvalue weighted by molar-refractivity contribution is -0.144. The number of likely N-dealkylation sites (N-methyl/N-ethyl adjacent to an activating group) is 1. The van der Waals surface area contributed by atoms with Gasteiger partial charge in [-0.2, -0.15) is 0 Å². The molecular formula is C23H26N4O2S. The van der Waals surface area contributed by atoms with E-state index < -0.39 is 11.8 Å². The van der Waals surface area contributed by atoms with Gasteiger partial charge in [0.1, 0.15) is 5.01 Å². The Morgan fingerprint density at radius 2 is 1.83 bits per heavy atom. The summed E-state index contributed by atoms with van der Waals surface area (Å²) in [5, 5.41) is 3.66. The number of rotatable bonds is 3. The summed E-state index contributed by atoms with van der Waals surface area (Å²) in [6, 6.07) is 13.8. The third-order valence-corrected chi connectivity index (χ3v) is 6.75. The average molecular weight is 423 g/mol. The van der Waals surface area contributed by atoms with Gasteiger partial charge in [-0.15, -0.1) is 11.3 Å². The molecule has 4 rings (SSSR count). The van der Waals surface area contributed by atoms with Gasteiger partial charge >= 0.3 is 11.8 Å². The molecule has 1 saturated heterocycles. The second-order valence-electron chi connectivity index (χ2n) is 7.97. The SMILES string of the molecule is Cc1ccc2nc(-c3ccc(NC(=O)C(=O)N(C)C4CCN(C)CC4)cc3)sc2c1. The van der Waals surface area contributed by atoms with Crippen LogP contribution in [-0.4, -0.2) is 59.8 Å². The minimum Gasteiger partial charge on any atom is -0.334 e. The van der Waals surface area contributed by atoms with Crippen molar-refractivity contribution < 1.29 is 9.59 Å². The van der Waals surface area contributed by atoms with Gasteiger partial charge in [0.05, 0.1) is 10.2 Å². The molecule has 0 bridgehead atoms. The standard InChI is InChI=1S/C23H26N4O2S/c1-15-4-9-19-20(14-15)30-22(25-19)16-5-7-17(8-6-16)24-21(28)23(29)27(3)18-10-12-26(2)13-11-18/h4-9,14,18H,10-13H2,1-3H3,(H,24,28). The number of benzene rings is 2. The van der Waals surface area contributed by atoms with Crippen molar-refractivity contribution in [3.63, 3.8) is 0 Å². The molecule has 1 aliphatic rings. The number of piperidine rings is 1. The van der Waals surface area contributed by atoms with Gasteiger partial charge in [-0.25, -0.2) is 4.98 Å². The fourth-order valence-corrected chi connectivity index (χ4v) is 4.81. The van der Waals surface area contributed by atoms with Crippen LogP contribution in [0.25, 0.3) is 20.8 Å². The Bertz CT molecular complexity index is 1070. The van der Waals surface area contributed by atoms with E-state index in [4.69, 9.17) is 4.98 Å². The quantitative estimate of drug-likeness (QED) is 0.653. The molecule has 0 saturated carbocycles. The summed E-state index contributed by atoms with van der Waals surface area (Å²) in [4.78, 5) is 33.5. The first-order valence-corrected chi connectivity index (χ1v) is 11.0. The van der Waals surface area contributed by atoms with Gasteiger partial charge in [-0.1, -0.05) is 6.07 Å². The molecule has 7 heteroatoms. The number of carbonyl (C=O) groups excluding carboxylic acids is 2. The second-order valence-corrected chi connectivity index (χ2v) is 9.00. The predicted octanol–water partition coefficient (Wildman–Crippen LogP) is 3.76. The molecule has 1 aromatic heterocycles. The monoisotopic (exact) mass is 422 g/mol. The van der Waals surface area contributed by atoms with Crippen LogP contribution >= 0.6 is 11.3 Å². The van der Waals surface area contributed by atoms with Gasteiger partial charge in [-0.3, -0.25) is 9.59 Å². The highest BCUT2D eigenvalue weighted by Crippen LogP contribution is 2.31. The zero-order valence-corrected chi connectivity index (χ0v) is 18.3. The van der Waals surface area contributed by atoms with Crippen molar-refractivity contribution in [2.75, 3.05) is 32.5 Å². The number of aromatic nitrogens is 1. The first-order chi connectivity index (χ1) is 14.4. The van der Waals surface area contributed by atoms with E-state index in [-0.39, 0.29) is 6.04 Å². The number of hydrogen-bond donors (Lipinski definition) is 1. The largest absolute Gasteiger partial charge is 0.334 e. The number of nitrogens with zero attached hydrogens (tertiary/aromatic N) is 3. The van der Waals surface area contributed by atoms with Gasteiger partial charge in [0.2, 0.25) is 0 Å². The van der Waals surface area contributed by atoms with E-state index in [1.807, 2.05) is 30.3 Å². The third-order valence-electron chi connectivity index (χ3n) is 5.68. The van der Waals surface area contributed by atoms with Gasteiger partial charge < -0.3 is 15.1 Å². The van der Waals surface area contributed by atoms with Gasteiger partial charge in [-0.05, 0) is 81.9 Å². The maximum Gasteiger partial charge on any atom is 0.313 e. The maximum absolute atomic E-state index is 12.5. The maximum atomic E-state index is 12.5. The van der Waals surface area contributed by atoms with E-state index in [9.17, 15) is 9.59 Å². The molecule has 2 aromatic carbocycles. The third kappa shape index (κ3) is 4.37. The zero-order chi connectivity index (χ0) is 21.3. The molecule has 1 fully saturated rings. The van der Waals surface area contributed by atoms with Crippen molar-refractivity contribution in [1.82, 2.24) is 14.8 Å². The number of carbonyl (C=O) groups is 2. The molecule has 3 aromatic rings. The second kappa shape index (κ2) is 8.53. The number of aryl methyl sites for hydroxylation is 1. The van der Waals surface area contributed by atoms with E-state index in [0.717, 1.165) is 46.7 Å². The van der Waals surface area contributed by atoms with Crippen LogP contribution in [0.1, 0.15) is 18.4 Å². The first kappa shape index (κ1) is 20.5. The minimum atomic E-state index is -0.598. The molecule has 1 aliphatic heterocycles. The molecule has 2 amide bonds. The number of nitrogens with one attached hydrogen (secondary N) is 1. The van der Waals surface area contributed by atoms with Crippen LogP contribution in [0, 0.1) is 6.92 Å². The summed E-state index contributed by atoms with van der Waals surface area (Å²) in [6.45, 7) is 3.95. The minimum absolute atomic E-state index is 0.115.